The van der Waals surface area contributed by atoms with Crippen LogP contribution < -0.4 is 0 Å². The SMILES string of the molecule is Cc1cc(C=C(C#N)c2cccc([N+](=O)[O-])c2)c(C)n1-c1cccc(I)c1. The van der Waals surface area contributed by atoms with Gasteiger partial charge < -0.3 is 4.57 Å². The van der Waals surface area contributed by atoms with Crippen LogP contribution in [0.15, 0.2) is 54.6 Å². The summed E-state index contributed by atoms with van der Waals surface area (Å²) in [7, 11) is 0. The van der Waals surface area contributed by atoms with Crippen molar-refractivity contribution in [3.05, 3.63) is 90.8 Å². The maximum atomic E-state index is 11.0. The van der Waals surface area contributed by atoms with Gasteiger partial charge in [0.2, 0.25) is 0 Å². The van der Waals surface area contributed by atoms with Gasteiger partial charge in [-0.3, -0.25) is 10.1 Å². The Morgan fingerprint density at radius 3 is 2.59 bits per heavy atom. The number of nitriles is 1. The molecule has 0 unspecified atom stereocenters. The zero-order valence-electron chi connectivity index (χ0n) is 14.8. The normalized spacial score (nSPS) is 11.3. The number of aromatic nitrogens is 1. The minimum absolute atomic E-state index is 0.0296. The van der Waals surface area contributed by atoms with E-state index >= 15 is 0 Å². The molecule has 0 amide bonds. The number of non-ortho nitro benzene ring substituents is 1. The number of allylic oxidation sites excluding steroid dienone is 1. The van der Waals surface area contributed by atoms with Gasteiger partial charge in [-0.05, 0) is 77.9 Å². The highest BCUT2D eigenvalue weighted by Crippen LogP contribution is 2.27. The zero-order chi connectivity index (χ0) is 19.6. The Kier molecular flexibility index (Phi) is 5.42. The highest BCUT2D eigenvalue weighted by Gasteiger charge is 2.13. The van der Waals surface area contributed by atoms with Gasteiger partial charge >= 0.3 is 0 Å². The fraction of sp³-hybridized carbons (Fsp3) is 0.0952. The molecular weight excluding hydrogens is 453 g/mol. The Morgan fingerprint density at radius 1 is 1.19 bits per heavy atom. The van der Waals surface area contributed by atoms with E-state index < -0.39 is 4.92 Å². The second-order valence-electron chi connectivity index (χ2n) is 6.12. The largest absolute Gasteiger partial charge is 0.318 e. The number of nitrogens with zero attached hydrogens (tertiary/aromatic N) is 3. The van der Waals surface area contributed by atoms with E-state index in [-0.39, 0.29) is 5.69 Å². The second kappa shape index (κ2) is 7.76. The minimum Gasteiger partial charge on any atom is -0.318 e. The molecular formula is C21H16IN3O2. The molecule has 27 heavy (non-hydrogen) atoms. The van der Waals surface area contributed by atoms with Crippen LogP contribution in [-0.2, 0) is 0 Å². The van der Waals surface area contributed by atoms with Gasteiger partial charge in [0.05, 0.1) is 16.6 Å². The lowest BCUT2D eigenvalue weighted by Gasteiger charge is -2.10. The van der Waals surface area contributed by atoms with E-state index in [1.807, 2.05) is 38.1 Å². The Hall–Kier alpha value is -2.92. The first kappa shape index (κ1) is 18.9. The van der Waals surface area contributed by atoms with E-state index in [1.54, 1.807) is 18.2 Å². The van der Waals surface area contributed by atoms with Gasteiger partial charge in [-0.1, -0.05) is 18.2 Å². The molecule has 0 spiro atoms. The van der Waals surface area contributed by atoms with E-state index in [0.29, 0.717) is 11.1 Å². The first-order valence-corrected chi connectivity index (χ1v) is 9.30. The summed E-state index contributed by atoms with van der Waals surface area (Å²) in [4.78, 5) is 10.6. The van der Waals surface area contributed by atoms with E-state index in [1.165, 1.54) is 12.1 Å². The van der Waals surface area contributed by atoms with Gasteiger partial charge in [-0.2, -0.15) is 5.26 Å². The summed E-state index contributed by atoms with van der Waals surface area (Å²) < 4.78 is 3.28. The number of nitro groups is 1. The van der Waals surface area contributed by atoms with Gasteiger partial charge in [0.1, 0.15) is 0 Å². The van der Waals surface area contributed by atoms with Gasteiger partial charge in [-0.25, -0.2) is 0 Å². The van der Waals surface area contributed by atoms with Crippen molar-refractivity contribution in [2.75, 3.05) is 0 Å². The molecule has 0 aliphatic heterocycles. The van der Waals surface area contributed by atoms with E-state index in [4.69, 9.17) is 0 Å². The lowest BCUT2D eigenvalue weighted by Crippen LogP contribution is -1.99. The molecule has 3 aromatic rings. The van der Waals surface area contributed by atoms with Crippen LogP contribution in [0.1, 0.15) is 22.5 Å². The summed E-state index contributed by atoms with van der Waals surface area (Å²) in [5.41, 5.74) is 4.93. The fourth-order valence-corrected chi connectivity index (χ4v) is 3.60. The number of benzene rings is 2. The Bertz CT molecular complexity index is 1110. The maximum absolute atomic E-state index is 11.0. The van der Waals surface area contributed by atoms with E-state index in [9.17, 15) is 15.4 Å². The molecule has 0 N–H and O–H groups in total. The summed E-state index contributed by atoms with van der Waals surface area (Å²) in [6.07, 6.45) is 1.78. The summed E-state index contributed by atoms with van der Waals surface area (Å²) in [5.74, 6) is 0. The first-order chi connectivity index (χ1) is 12.9. The predicted octanol–water partition coefficient (Wildman–Crippen LogP) is 5.67. The molecule has 0 radical (unpaired) electrons. The number of nitro benzene ring substituents is 1. The van der Waals surface area contributed by atoms with Crippen LogP contribution in [0.4, 0.5) is 5.69 Å². The molecule has 6 heteroatoms. The predicted molar refractivity (Wildman–Crippen MR) is 115 cm³/mol. The highest BCUT2D eigenvalue weighted by atomic mass is 127. The quantitative estimate of drug-likeness (QED) is 0.214. The molecule has 0 atom stereocenters. The van der Waals surface area contributed by atoms with Crippen LogP contribution in [-0.4, -0.2) is 9.49 Å². The van der Waals surface area contributed by atoms with Crippen molar-refractivity contribution in [3.63, 3.8) is 0 Å². The van der Waals surface area contributed by atoms with E-state index in [0.717, 1.165) is 26.2 Å². The third kappa shape index (κ3) is 3.93. The molecule has 0 bridgehead atoms. The first-order valence-electron chi connectivity index (χ1n) is 8.22. The number of hydrogen-bond acceptors (Lipinski definition) is 3. The molecule has 1 aromatic heterocycles. The van der Waals surface area contributed by atoms with Gasteiger partial charge in [0.25, 0.3) is 5.69 Å². The highest BCUT2D eigenvalue weighted by molar-refractivity contribution is 14.1. The monoisotopic (exact) mass is 469 g/mol. The molecule has 3 rings (SSSR count). The molecule has 5 nitrogen and oxygen atoms in total. The second-order valence-corrected chi connectivity index (χ2v) is 7.36. The molecule has 0 aliphatic carbocycles. The summed E-state index contributed by atoms with van der Waals surface area (Å²) in [5, 5.41) is 20.6. The van der Waals surface area contributed by atoms with Crippen molar-refractivity contribution in [3.8, 4) is 11.8 Å². The zero-order valence-corrected chi connectivity index (χ0v) is 17.0. The van der Waals surface area contributed by atoms with Crippen molar-refractivity contribution in [1.82, 2.24) is 4.57 Å². The van der Waals surface area contributed by atoms with Crippen molar-refractivity contribution in [2.24, 2.45) is 0 Å². The Labute approximate surface area is 170 Å². The molecule has 134 valence electrons. The molecule has 0 fully saturated rings. The summed E-state index contributed by atoms with van der Waals surface area (Å²) >= 11 is 2.28. The molecule has 1 heterocycles. The van der Waals surface area contributed by atoms with Crippen molar-refractivity contribution in [1.29, 1.82) is 5.26 Å². The number of aryl methyl sites for hydroxylation is 1. The Morgan fingerprint density at radius 2 is 1.93 bits per heavy atom. The number of hydrogen-bond donors (Lipinski definition) is 0. The Balaban J connectivity index is 2.09. The minimum atomic E-state index is -0.457. The van der Waals surface area contributed by atoms with Crippen LogP contribution in [0.2, 0.25) is 0 Å². The number of rotatable bonds is 4. The topological polar surface area (TPSA) is 71.9 Å². The third-order valence-corrected chi connectivity index (χ3v) is 5.00. The van der Waals surface area contributed by atoms with Gasteiger partial charge in [0.15, 0.2) is 0 Å². The third-order valence-electron chi connectivity index (χ3n) is 4.32. The van der Waals surface area contributed by atoms with Crippen molar-refractivity contribution in [2.45, 2.75) is 13.8 Å². The van der Waals surface area contributed by atoms with Crippen LogP contribution in [0, 0.1) is 38.9 Å². The van der Waals surface area contributed by atoms with Crippen LogP contribution in [0.25, 0.3) is 17.3 Å². The average molecular weight is 469 g/mol. The van der Waals surface area contributed by atoms with Crippen molar-refractivity contribution < 1.29 is 4.92 Å². The van der Waals surface area contributed by atoms with Crippen LogP contribution in [0.5, 0.6) is 0 Å². The van der Waals surface area contributed by atoms with Crippen LogP contribution >= 0.6 is 22.6 Å². The van der Waals surface area contributed by atoms with Gasteiger partial charge in [0, 0.05) is 32.8 Å². The standard InChI is InChI=1S/C21H16IN3O2/c1-14-9-17(15(2)24(14)20-7-4-6-19(22)12-20)10-18(13-23)16-5-3-8-21(11-16)25(26)27/h3-12H,1-2H3. The van der Waals surface area contributed by atoms with E-state index in [2.05, 4.69) is 39.3 Å². The fourth-order valence-electron chi connectivity index (χ4n) is 3.07. The molecule has 0 aliphatic rings. The van der Waals surface area contributed by atoms with Crippen molar-refractivity contribution >= 4 is 39.9 Å². The molecule has 0 saturated heterocycles. The summed E-state index contributed by atoms with van der Waals surface area (Å²) in [6.45, 7) is 4.02. The number of halogens is 1. The maximum Gasteiger partial charge on any atom is 0.270 e. The lowest BCUT2D eigenvalue weighted by atomic mass is 10.0. The van der Waals surface area contributed by atoms with Crippen LogP contribution in [0.3, 0.4) is 0 Å². The molecule has 0 saturated carbocycles. The summed E-state index contributed by atoms with van der Waals surface area (Å²) in [6, 6.07) is 18.5. The average Bonchev–Trinajstić information content (AvgIpc) is 2.93. The lowest BCUT2D eigenvalue weighted by molar-refractivity contribution is -0.384. The van der Waals surface area contributed by atoms with Gasteiger partial charge in [-0.15, -0.1) is 0 Å². The molecule has 2 aromatic carbocycles. The smallest absolute Gasteiger partial charge is 0.270 e.